The summed E-state index contributed by atoms with van der Waals surface area (Å²) in [5, 5.41) is 5.01. The van der Waals surface area contributed by atoms with E-state index in [9.17, 15) is 4.79 Å². The van der Waals surface area contributed by atoms with Gasteiger partial charge in [0.05, 0.1) is 16.2 Å². The van der Waals surface area contributed by atoms with Crippen molar-refractivity contribution in [3.63, 3.8) is 0 Å². The maximum Gasteiger partial charge on any atom is 0.194 e. The van der Waals surface area contributed by atoms with E-state index in [1.807, 2.05) is 50.4 Å². The standard InChI is InChI=1S/C25H23ClN2O/c1-14-9-18-7-8-27-24(18)23(10-14)28-19-5-6-20(22(26)13-19)25(29)21-12-16(3)15(2)11-17(21)4/h5-13,27-28H,1-4H3. The molecule has 0 fully saturated rings. The molecule has 0 unspecified atom stereocenters. The molecule has 2 N–H and O–H groups in total. The quantitative estimate of drug-likeness (QED) is 0.360. The first-order chi connectivity index (χ1) is 13.8. The number of hydrogen-bond acceptors (Lipinski definition) is 2. The highest BCUT2D eigenvalue weighted by molar-refractivity contribution is 6.35. The summed E-state index contributed by atoms with van der Waals surface area (Å²) in [5.41, 5.74) is 8.47. The van der Waals surface area contributed by atoms with Crippen molar-refractivity contribution >= 4 is 39.7 Å². The highest BCUT2D eigenvalue weighted by Crippen LogP contribution is 2.30. The zero-order valence-corrected chi connectivity index (χ0v) is 17.7. The van der Waals surface area contributed by atoms with Gasteiger partial charge in [0.1, 0.15) is 0 Å². The molecule has 0 radical (unpaired) electrons. The molecule has 29 heavy (non-hydrogen) atoms. The Morgan fingerprint density at radius 2 is 1.62 bits per heavy atom. The van der Waals surface area contributed by atoms with Gasteiger partial charge in [0.2, 0.25) is 0 Å². The van der Waals surface area contributed by atoms with Crippen molar-refractivity contribution in [2.24, 2.45) is 0 Å². The highest BCUT2D eigenvalue weighted by Gasteiger charge is 2.17. The van der Waals surface area contributed by atoms with Crippen LogP contribution in [-0.4, -0.2) is 10.8 Å². The molecule has 4 heteroatoms. The number of carbonyl (C=O) groups is 1. The molecule has 146 valence electrons. The molecule has 3 nitrogen and oxygen atoms in total. The number of rotatable bonds is 4. The van der Waals surface area contributed by atoms with E-state index in [1.54, 1.807) is 6.07 Å². The van der Waals surface area contributed by atoms with Crippen molar-refractivity contribution in [1.29, 1.82) is 0 Å². The predicted molar refractivity (Wildman–Crippen MR) is 122 cm³/mol. The lowest BCUT2D eigenvalue weighted by Crippen LogP contribution is -2.06. The number of aryl methyl sites for hydroxylation is 4. The highest BCUT2D eigenvalue weighted by atomic mass is 35.5. The first kappa shape index (κ1) is 19.3. The first-order valence-corrected chi connectivity index (χ1v) is 9.98. The van der Waals surface area contributed by atoms with Gasteiger partial charge in [-0.1, -0.05) is 17.7 Å². The van der Waals surface area contributed by atoms with Crippen LogP contribution < -0.4 is 5.32 Å². The third-order valence-electron chi connectivity index (χ3n) is 5.38. The molecule has 0 aliphatic carbocycles. The number of fused-ring (bicyclic) bond motifs is 1. The van der Waals surface area contributed by atoms with E-state index >= 15 is 0 Å². The van der Waals surface area contributed by atoms with E-state index < -0.39 is 0 Å². The summed E-state index contributed by atoms with van der Waals surface area (Å²) in [5.74, 6) is -0.0514. The maximum atomic E-state index is 13.1. The van der Waals surface area contributed by atoms with Crippen molar-refractivity contribution < 1.29 is 4.79 Å². The van der Waals surface area contributed by atoms with E-state index in [0.717, 1.165) is 33.4 Å². The summed E-state index contributed by atoms with van der Waals surface area (Å²) in [6.45, 7) is 8.10. The van der Waals surface area contributed by atoms with Crippen LogP contribution in [-0.2, 0) is 0 Å². The zero-order valence-electron chi connectivity index (χ0n) is 17.0. The van der Waals surface area contributed by atoms with Crippen molar-refractivity contribution in [3.05, 3.63) is 93.1 Å². The fraction of sp³-hybridized carbons (Fsp3) is 0.160. The second-order valence-electron chi connectivity index (χ2n) is 7.65. The molecule has 0 saturated carbocycles. The van der Waals surface area contributed by atoms with E-state index in [4.69, 9.17) is 11.6 Å². The third-order valence-corrected chi connectivity index (χ3v) is 5.69. The number of nitrogens with one attached hydrogen (secondary N) is 2. The molecule has 1 aromatic heterocycles. The topological polar surface area (TPSA) is 44.9 Å². The minimum atomic E-state index is -0.0514. The van der Waals surface area contributed by atoms with Gasteiger partial charge in [-0.2, -0.15) is 0 Å². The lowest BCUT2D eigenvalue weighted by atomic mass is 9.94. The number of aromatic nitrogens is 1. The maximum absolute atomic E-state index is 13.1. The van der Waals surface area contributed by atoms with E-state index in [0.29, 0.717) is 16.1 Å². The summed E-state index contributed by atoms with van der Waals surface area (Å²) in [6.07, 6.45) is 1.93. The SMILES string of the molecule is Cc1cc(Nc2ccc(C(=O)c3cc(C)c(C)cc3C)c(Cl)c2)c2[nH]ccc2c1. The van der Waals surface area contributed by atoms with Crippen LogP contribution in [0.15, 0.2) is 54.7 Å². The number of H-pyrrole nitrogens is 1. The van der Waals surface area contributed by atoms with E-state index in [-0.39, 0.29) is 5.78 Å². The Labute approximate surface area is 175 Å². The number of ketones is 1. The summed E-state index contributed by atoms with van der Waals surface area (Å²) in [7, 11) is 0. The van der Waals surface area contributed by atoms with Gasteiger partial charge in [0.25, 0.3) is 0 Å². The number of anilines is 2. The van der Waals surface area contributed by atoms with Crippen molar-refractivity contribution in [3.8, 4) is 0 Å². The Balaban J connectivity index is 1.67. The number of aromatic amines is 1. The van der Waals surface area contributed by atoms with Gasteiger partial charge in [-0.15, -0.1) is 0 Å². The summed E-state index contributed by atoms with van der Waals surface area (Å²) < 4.78 is 0. The number of hydrogen-bond donors (Lipinski definition) is 2. The minimum Gasteiger partial charge on any atom is -0.359 e. The van der Waals surface area contributed by atoms with Gasteiger partial charge < -0.3 is 10.3 Å². The van der Waals surface area contributed by atoms with Crippen LogP contribution in [0.25, 0.3) is 10.9 Å². The average Bonchev–Trinajstić information content (AvgIpc) is 3.13. The Bertz CT molecular complexity index is 1250. The molecule has 0 aliphatic rings. The van der Waals surface area contributed by atoms with E-state index in [2.05, 4.69) is 36.3 Å². The van der Waals surface area contributed by atoms with Crippen molar-refractivity contribution in [2.75, 3.05) is 5.32 Å². The largest absolute Gasteiger partial charge is 0.359 e. The molecule has 0 amide bonds. The smallest absolute Gasteiger partial charge is 0.194 e. The molecular weight excluding hydrogens is 380 g/mol. The molecule has 0 bridgehead atoms. The zero-order chi connectivity index (χ0) is 20.7. The Morgan fingerprint density at radius 1 is 0.862 bits per heavy atom. The summed E-state index contributed by atoms with van der Waals surface area (Å²) in [6, 6.07) is 15.8. The van der Waals surface area contributed by atoms with Gasteiger partial charge in [-0.25, -0.2) is 0 Å². The van der Waals surface area contributed by atoms with Gasteiger partial charge >= 0.3 is 0 Å². The fourth-order valence-electron chi connectivity index (χ4n) is 3.70. The van der Waals surface area contributed by atoms with Crippen molar-refractivity contribution in [1.82, 2.24) is 4.98 Å². The number of halogens is 1. The lowest BCUT2D eigenvalue weighted by Gasteiger charge is -2.13. The summed E-state index contributed by atoms with van der Waals surface area (Å²) >= 11 is 6.52. The second kappa shape index (κ2) is 7.41. The van der Waals surface area contributed by atoms with E-state index in [1.165, 1.54) is 11.1 Å². The molecule has 3 aromatic carbocycles. The summed E-state index contributed by atoms with van der Waals surface area (Å²) in [4.78, 5) is 16.4. The molecule has 0 aliphatic heterocycles. The minimum absolute atomic E-state index is 0.0514. The van der Waals surface area contributed by atoms with Gasteiger partial charge in [0, 0.05) is 28.4 Å². The molecule has 0 atom stereocenters. The predicted octanol–water partition coefficient (Wildman–Crippen LogP) is 7.03. The molecule has 1 heterocycles. The fourth-order valence-corrected chi connectivity index (χ4v) is 3.97. The molecular formula is C25H23ClN2O. The number of benzene rings is 3. The number of carbonyl (C=O) groups excluding carboxylic acids is 1. The van der Waals surface area contributed by atoms with Crippen LogP contribution in [0.4, 0.5) is 11.4 Å². The van der Waals surface area contributed by atoms with Crippen LogP contribution in [0.3, 0.4) is 0 Å². The van der Waals surface area contributed by atoms with Gasteiger partial charge in [-0.3, -0.25) is 4.79 Å². The first-order valence-electron chi connectivity index (χ1n) is 9.60. The third kappa shape index (κ3) is 3.66. The average molecular weight is 403 g/mol. The van der Waals surface area contributed by atoms with Crippen LogP contribution in [0.2, 0.25) is 5.02 Å². The lowest BCUT2D eigenvalue weighted by molar-refractivity contribution is 0.103. The monoisotopic (exact) mass is 402 g/mol. The molecule has 4 aromatic rings. The second-order valence-corrected chi connectivity index (χ2v) is 8.06. The van der Waals surface area contributed by atoms with Crippen LogP contribution >= 0.6 is 11.6 Å². The molecule has 0 spiro atoms. The van der Waals surface area contributed by atoms with Gasteiger partial charge in [-0.05, 0) is 92.4 Å². The van der Waals surface area contributed by atoms with Crippen LogP contribution in [0.5, 0.6) is 0 Å². The Kier molecular flexibility index (Phi) is 4.93. The molecule has 0 saturated heterocycles. The molecule has 4 rings (SSSR count). The Morgan fingerprint density at radius 3 is 2.38 bits per heavy atom. The van der Waals surface area contributed by atoms with Crippen LogP contribution in [0.1, 0.15) is 38.2 Å². The van der Waals surface area contributed by atoms with Gasteiger partial charge in [0.15, 0.2) is 5.78 Å². The van der Waals surface area contributed by atoms with Crippen molar-refractivity contribution in [2.45, 2.75) is 27.7 Å². The Hall–Kier alpha value is -3.04. The normalized spacial score (nSPS) is 11.1. The van der Waals surface area contributed by atoms with Crippen LogP contribution in [0, 0.1) is 27.7 Å².